The molecule has 0 heterocycles. The zero-order chi connectivity index (χ0) is 15.4. The molecule has 0 aromatic carbocycles. The number of hydrogen-bond donors (Lipinski definition) is 0. The van der Waals surface area contributed by atoms with E-state index in [2.05, 4.69) is 45.9 Å². The highest BCUT2D eigenvalue weighted by Gasteiger charge is 2.26. The van der Waals surface area contributed by atoms with Gasteiger partial charge in [-0.1, -0.05) is 39.3 Å². The summed E-state index contributed by atoms with van der Waals surface area (Å²) in [6.07, 6.45) is 11.7. The normalized spacial score (nSPS) is 29.8. The lowest BCUT2D eigenvalue weighted by molar-refractivity contribution is -0.0153. The van der Waals surface area contributed by atoms with Crippen molar-refractivity contribution in [2.75, 3.05) is 7.11 Å². The van der Waals surface area contributed by atoms with Gasteiger partial charge in [-0.3, -0.25) is 0 Å². The number of allylic oxidation sites excluding steroid dienone is 2. The second kappa shape index (κ2) is 7.31. The van der Waals surface area contributed by atoms with Crippen molar-refractivity contribution in [3.63, 3.8) is 0 Å². The lowest BCUT2D eigenvalue weighted by Gasteiger charge is -2.33. The molecule has 0 aromatic heterocycles. The Kier molecular flexibility index (Phi) is 5.69. The molecule has 2 rings (SSSR count). The van der Waals surface area contributed by atoms with Crippen molar-refractivity contribution in [2.24, 2.45) is 11.8 Å². The van der Waals surface area contributed by atoms with Gasteiger partial charge in [0.25, 0.3) is 0 Å². The van der Waals surface area contributed by atoms with E-state index in [9.17, 15) is 0 Å². The number of hydrogen-bond acceptors (Lipinski definition) is 2. The molecule has 0 saturated carbocycles. The molecule has 118 valence electrons. The molecule has 3 atom stereocenters. The van der Waals surface area contributed by atoms with Gasteiger partial charge in [0.2, 0.25) is 0 Å². The molecule has 0 spiro atoms. The van der Waals surface area contributed by atoms with E-state index in [1.165, 1.54) is 12.0 Å². The predicted octanol–water partition coefficient (Wildman–Crippen LogP) is 5.02. The largest absolute Gasteiger partial charge is 0.497 e. The summed E-state index contributed by atoms with van der Waals surface area (Å²) in [6, 6.07) is 0. The van der Waals surface area contributed by atoms with Crippen molar-refractivity contribution in [1.82, 2.24) is 0 Å². The Morgan fingerprint density at radius 2 is 2.05 bits per heavy atom. The lowest BCUT2D eigenvalue weighted by Crippen LogP contribution is -2.30. The molecule has 0 fully saturated rings. The van der Waals surface area contributed by atoms with Crippen LogP contribution in [0, 0.1) is 11.8 Å². The SMILES string of the molecule is CCC1=CC(OC2CCC(C(C)C)=CC2C)CC=C1OC. The van der Waals surface area contributed by atoms with Gasteiger partial charge in [0.05, 0.1) is 19.3 Å². The van der Waals surface area contributed by atoms with Crippen LogP contribution in [-0.2, 0) is 9.47 Å². The maximum atomic E-state index is 6.38. The highest BCUT2D eigenvalue weighted by Crippen LogP contribution is 2.32. The van der Waals surface area contributed by atoms with Gasteiger partial charge in [-0.15, -0.1) is 0 Å². The second-order valence-electron chi connectivity index (χ2n) is 6.56. The topological polar surface area (TPSA) is 18.5 Å². The molecule has 2 heteroatoms. The van der Waals surface area contributed by atoms with E-state index in [-0.39, 0.29) is 6.10 Å². The molecule has 3 unspecified atom stereocenters. The molecule has 2 aliphatic rings. The van der Waals surface area contributed by atoms with E-state index in [1.807, 2.05) is 0 Å². The fourth-order valence-electron chi connectivity index (χ4n) is 3.33. The van der Waals surface area contributed by atoms with Crippen LogP contribution in [-0.4, -0.2) is 19.3 Å². The average Bonchev–Trinajstić information content (AvgIpc) is 2.48. The molecule has 0 bridgehead atoms. The van der Waals surface area contributed by atoms with Crippen molar-refractivity contribution in [1.29, 1.82) is 0 Å². The molecule has 21 heavy (non-hydrogen) atoms. The maximum absolute atomic E-state index is 6.38. The van der Waals surface area contributed by atoms with Crippen molar-refractivity contribution in [3.8, 4) is 0 Å². The van der Waals surface area contributed by atoms with Gasteiger partial charge in [0.1, 0.15) is 5.76 Å². The van der Waals surface area contributed by atoms with Gasteiger partial charge in [-0.2, -0.15) is 0 Å². The summed E-state index contributed by atoms with van der Waals surface area (Å²) in [4.78, 5) is 0. The molecule has 0 aromatic rings. The highest BCUT2D eigenvalue weighted by atomic mass is 16.5. The Hall–Kier alpha value is -1.02. The summed E-state index contributed by atoms with van der Waals surface area (Å²) in [5.41, 5.74) is 2.87. The molecular formula is C19H30O2. The summed E-state index contributed by atoms with van der Waals surface area (Å²) in [7, 11) is 1.75. The van der Waals surface area contributed by atoms with Crippen LogP contribution in [0.25, 0.3) is 0 Å². The van der Waals surface area contributed by atoms with Gasteiger partial charge in [-0.05, 0) is 49.3 Å². The third kappa shape index (κ3) is 4.00. The zero-order valence-electron chi connectivity index (χ0n) is 14.2. The van der Waals surface area contributed by atoms with Crippen LogP contribution < -0.4 is 0 Å². The minimum Gasteiger partial charge on any atom is -0.497 e. The van der Waals surface area contributed by atoms with Crippen LogP contribution in [0.4, 0.5) is 0 Å². The fourth-order valence-corrected chi connectivity index (χ4v) is 3.33. The second-order valence-corrected chi connectivity index (χ2v) is 6.56. The minimum atomic E-state index is 0.209. The number of ether oxygens (including phenoxy) is 2. The van der Waals surface area contributed by atoms with Gasteiger partial charge >= 0.3 is 0 Å². The van der Waals surface area contributed by atoms with E-state index >= 15 is 0 Å². The van der Waals surface area contributed by atoms with Gasteiger partial charge in [0.15, 0.2) is 0 Å². The maximum Gasteiger partial charge on any atom is 0.117 e. The van der Waals surface area contributed by atoms with Crippen LogP contribution in [0.2, 0.25) is 0 Å². The van der Waals surface area contributed by atoms with Crippen LogP contribution in [0.5, 0.6) is 0 Å². The van der Waals surface area contributed by atoms with Gasteiger partial charge < -0.3 is 9.47 Å². The van der Waals surface area contributed by atoms with Crippen molar-refractivity contribution < 1.29 is 9.47 Å². The monoisotopic (exact) mass is 290 g/mol. The van der Waals surface area contributed by atoms with Crippen LogP contribution in [0.15, 0.2) is 35.1 Å². The van der Waals surface area contributed by atoms with E-state index in [0.717, 1.165) is 25.0 Å². The first-order valence-corrected chi connectivity index (χ1v) is 8.36. The van der Waals surface area contributed by atoms with E-state index in [4.69, 9.17) is 9.47 Å². The van der Waals surface area contributed by atoms with E-state index < -0.39 is 0 Å². The summed E-state index contributed by atoms with van der Waals surface area (Å²) < 4.78 is 11.8. The van der Waals surface area contributed by atoms with Gasteiger partial charge in [0, 0.05) is 5.92 Å². The first-order chi connectivity index (χ1) is 10.0. The smallest absolute Gasteiger partial charge is 0.117 e. The molecular weight excluding hydrogens is 260 g/mol. The third-order valence-corrected chi connectivity index (χ3v) is 4.71. The zero-order valence-corrected chi connectivity index (χ0v) is 14.2. The van der Waals surface area contributed by atoms with Gasteiger partial charge in [-0.25, -0.2) is 0 Å². The average molecular weight is 290 g/mol. The molecule has 0 amide bonds. The summed E-state index contributed by atoms with van der Waals surface area (Å²) in [6.45, 7) is 9.03. The Bertz CT molecular complexity index is 442. The highest BCUT2D eigenvalue weighted by molar-refractivity contribution is 5.30. The molecule has 0 saturated heterocycles. The summed E-state index contributed by atoms with van der Waals surface area (Å²) in [5.74, 6) is 2.21. The Balaban J connectivity index is 1.98. The first-order valence-electron chi connectivity index (χ1n) is 8.36. The number of rotatable bonds is 5. The van der Waals surface area contributed by atoms with E-state index in [0.29, 0.717) is 17.9 Å². The first kappa shape index (κ1) is 16.4. The quantitative estimate of drug-likeness (QED) is 0.662. The summed E-state index contributed by atoms with van der Waals surface area (Å²) >= 11 is 0. The van der Waals surface area contributed by atoms with Crippen molar-refractivity contribution >= 4 is 0 Å². The Morgan fingerprint density at radius 3 is 2.62 bits per heavy atom. The standard InChI is InChI=1S/C19H30O2/c1-6-15-12-17(8-10-19(15)20-5)21-18-9-7-16(13(2)3)11-14(18)4/h10-14,17-18H,6-9H2,1-5H3. The molecule has 0 aliphatic heterocycles. The van der Waals surface area contributed by atoms with Crippen molar-refractivity contribution in [2.45, 2.75) is 65.6 Å². The Labute approximate surface area is 129 Å². The number of methoxy groups -OCH3 is 1. The molecule has 0 N–H and O–H groups in total. The lowest BCUT2D eigenvalue weighted by atomic mass is 9.84. The van der Waals surface area contributed by atoms with E-state index in [1.54, 1.807) is 12.7 Å². The van der Waals surface area contributed by atoms with Crippen LogP contribution >= 0.6 is 0 Å². The Morgan fingerprint density at radius 1 is 1.29 bits per heavy atom. The third-order valence-electron chi connectivity index (χ3n) is 4.71. The fraction of sp³-hybridized carbons (Fsp3) is 0.684. The summed E-state index contributed by atoms with van der Waals surface area (Å²) in [5, 5.41) is 0. The molecule has 0 radical (unpaired) electrons. The molecule has 2 aliphatic carbocycles. The predicted molar refractivity (Wildman–Crippen MR) is 88.1 cm³/mol. The minimum absolute atomic E-state index is 0.209. The van der Waals surface area contributed by atoms with Crippen LogP contribution in [0.3, 0.4) is 0 Å². The molecule has 2 nitrogen and oxygen atoms in total. The van der Waals surface area contributed by atoms with Crippen molar-refractivity contribution in [3.05, 3.63) is 35.1 Å². The van der Waals surface area contributed by atoms with Crippen LogP contribution in [0.1, 0.15) is 53.4 Å².